The van der Waals surface area contributed by atoms with Crippen molar-refractivity contribution in [1.82, 2.24) is 14.8 Å². The van der Waals surface area contributed by atoms with Gasteiger partial charge in [0.1, 0.15) is 11.6 Å². The van der Waals surface area contributed by atoms with Crippen LogP contribution in [-0.4, -0.2) is 39.5 Å². The molecular formula is C20H17F3N6O3. The number of carbonyl (C=O) groups excluding carboxylic acids is 2. The summed E-state index contributed by atoms with van der Waals surface area (Å²) >= 11 is 0. The molecule has 1 aliphatic heterocycles. The lowest BCUT2D eigenvalue weighted by Crippen LogP contribution is -2.43. The average molecular weight is 446 g/mol. The molecule has 1 atom stereocenters. The second-order valence-corrected chi connectivity index (χ2v) is 7.05. The zero-order chi connectivity index (χ0) is 23.0. The van der Waals surface area contributed by atoms with Gasteiger partial charge in [-0.1, -0.05) is 0 Å². The first-order valence-corrected chi connectivity index (χ1v) is 9.41. The van der Waals surface area contributed by atoms with Gasteiger partial charge in [0.15, 0.2) is 5.69 Å². The first-order valence-electron chi connectivity index (χ1n) is 9.41. The van der Waals surface area contributed by atoms with Gasteiger partial charge in [0, 0.05) is 18.4 Å². The van der Waals surface area contributed by atoms with Crippen LogP contribution >= 0.6 is 0 Å². The molecule has 166 valence electrons. The molecule has 0 spiro atoms. The lowest BCUT2D eigenvalue weighted by molar-refractivity contribution is -0.274. The highest BCUT2D eigenvalue weighted by Crippen LogP contribution is 2.32. The lowest BCUT2D eigenvalue weighted by Gasteiger charge is -2.32. The van der Waals surface area contributed by atoms with E-state index in [1.54, 1.807) is 6.07 Å². The molecule has 12 heteroatoms. The molecule has 0 radical (unpaired) electrons. The molecule has 3 heterocycles. The summed E-state index contributed by atoms with van der Waals surface area (Å²) in [6.07, 6.45) is -2.01. The number of hydrogen-bond donors (Lipinski definition) is 2. The van der Waals surface area contributed by atoms with Crippen LogP contribution in [0, 0.1) is 0 Å². The Morgan fingerprint density at radius 3 is 2.62 bits per heavy atom. The lowest BCUT2D eigenvalue weighted by atomic mass is 10.1. The minimum atomic E-state index is -4.81. The monoisotopic (exact) mass is 446 g/mol. The molecule has 0 fully saturated rings. The number of hydrogen-bond acceptors (Lipinski definition) is 6. The zero-order valence-electron chi connectivity index (χ0n) is 16.6. The highest BCUT2D eigenvalue weighted by atomic mass is 19.4. The second kappa shape index (κ2) is 7.87. The van der Waals surface area contributed by atoms with E-state index in [1.807, 2.05) is 6.92 Å². The fraction of sp³-hybridized carbons (Fsp3) is 0.200. The summed E-state index contributed by atoms with van der Waals surface area (Å²) in [4.78, 5) is 31.1. The van der Waals surface area contributed by atoms with Gasteiger partial charge in [0.05, 0.1) is 23.5 Å². The van der Waals surface area contributed by atoms with Gasteiger partial charge in [-0.2, -0.15) is 5.10 Å². The SMILES string of the molecule is C[C@H]1CN(c2ccc(OC(F)(F)F)cc2)C(=O)c2c(NC(=O)c3cccnc3N)cnn21. The molecule has 1 aliphatic rings. The van der Waals surface area contributed by atoms with E-state index in [9.17, 15) is 22.8 Å². The van der Waals surface area contributed by atoms with Crippen molar-refractivity contribution in [1.29, 1.82) is 0 Å². The number of fused-ring (bicyclic) bond motifs is 1. The Labute approximate surface area is 179 Å². The number of amides is 2. The standard InChI is InChI=1S/C20H17F3N6O3/c1-11-10-28(12-4-6-13(7-5-12)32-20(21,22)23)19(31)16-15(9-26-29(11)16)27-18(30)14-3-2-8-25-17(14)24/h2-9,11H,10H2,1H3,(H2,24,25)(H,27,30)/t11-/m0/s1. The van der Waals surface area contributed by atoms with E-state index >= 15 is 0 Å². The van der Waals surface area contributed by atoms with Crippen molar-refractivity contribution in [2.24, 2.45) is 0 Å². The largest absolute Gasteiger partial charge is 0.573 e. The molecular weight excluding hydrogens is 429 g/mol. The van der Waals surface area contributed by atoms with Gasteiger partial charge in [-0.05, 0) is 43.3 Å². The summed E-state index contributed by atoms with van der Waals surface area (Å²) in [6.45, 7) is 2.05. The number of pyridine rings is 1. The molecule has 0 unspecified atom stereocenters. The third-order valence-corrected chi connectivity index (χ3v) is 4.82. The summed E-state index contributed by atoms with van der Waals surface area (Å²) in [7, 11) is 0. The van der Waals surface area contributed by atoms with Gasteiger partial charge in [-0.25, -0.2) is 4.98 Å². The molecule has 9 nitrogen and oxygen atoms in total. The smallest absolute Gasteiger partial charge is 0.406 e. The van der Waals surface area contributed by atoms with E-state index in [4.69, 9.17) is 5.73 Å². The molecule has 2 aromatic heterocycles. The fourth-order valence-electron chi connectivity index (χ4n) is 3.40. The number of nitrogens with zero attached hydrogens (tertiary/aromatic N) is 4. The Kier molecular flexibility index (Phi) is 5.20. The molecule has 2 amide bonds. The Morgan fingerprint density at radius 2 is 1.97 bits per heavy atom. The minimum absolute atomic E-state index is 0.0357. The van der Waals surface area contributed by atoms with E-state index in [0.717, 1.165) is 12.1 Å². The number of rotatable bonds is 4. The van der Waals surface area contributed by atoms with Crippen LogP contribution in [-0.2, 0) is 0 Å². The zero-order valence-corrected chi connectivity index (χ0v) is 16.6. The molecule has 3 N–H and O–H groups in total. The van der Waals surface area contributed by atoms with Crippen molar-refractivity contribution in [3.63, 3.8) is 0 Å². The molecule has 0 aliphatic carbocycles. The number of nitrogens with two attached hydrogens (primary N) is 1. The molecule has 4 rings (SSSR count). The summed E-state index contributed by atoms with van der Waals surface area (Å²) in [5, 5.41) is 6.83. The van der Waals surface area contributed by atoms with Gasteiger partial charge in [0.25, 0.3) is 11.8 Å². The third kappa shape index (κ3) is 4.06. The number of halogens is 3. The van der Waals surface area contributed by atoms with E-state index < -0.39 is 23.9 Å². The second-order valence-electron chi connectivity index (χ2n) is 7.05. The number of benzene rings is 1. The molecule has 0 bridgehead atoms. The molecule has 32 heavy (non-hydrogen) atoms. The Hall–Kier alpha value is -4.09. The topological polar surface area (TPSA) is 115 Å². The van der Waals surface area contributed by atoms with Crippen LogP contribution in [0.5, 0.6) is 5.75 Å². The number of ether oxygens (including phenoxy) is 1. The molecule has 1 aromatic carbocycles. The third-order valence-electron chi connectivity index (χ3n) is 4.82. The minimum Gasteiger partial charge on any atom is -0.406 e. The van der Waals surface area contributed by atoms with E-state index in [-0.39, 0.29) is 35.3 Å². The molecule has 0 saturated carbocycles. The van der Waals surface area contributed by atoms with Gasteiger partial charge in [0.2, 0.25) is 0 Å². The normalized spacial score (nSPS) is 15.9. The van der Waals surface area contributed by atoms with Crippen molar-refractivity contribution in [3.05, 3.63) is 60.0 Å². The summed E-state index contributed by atoms with van der Waals surface area (Å²) < 4.78 is 42.5. The average Bonchev–Trinajstić information content (AvgIpc) is 3.15. The van der Waals surface area contributed by atoms with Crippen LogP contribution in [0.1, 0.15) is 33.8 Å². The van der Waals surface area contributed by atoms with Crippen molar-refractivity contribution in [2.45, 2.75) is 19.3 Å². The van der Waals surface area contributed by atoms with Gasteiger partial charge in [-0.3, -0.25) is 14.3 Å². The predicted molar refractivity (Wildman–Crippen MR) is 108 cm³/mol. The summed E-state index contributed by atoms with van der Waals surface area (Å²) in [5.74, 6) is -1.39. The summed E-state index contributed by atoms with van der Waals surface area (Å²) in [5.41, 5.74) is 6.56. The van der Waals surface area contributed by atoms with Crippen LogP contribution in [0.3, 0.4) is 0 Å². The number of carbonyl (C=O) groups is 2. The van der Waals surface area contributed by atoms with Gasteiger partial charge >= 0.3 is 6.36 Å². The van der Waals surface area contributed by atoms with Crippen LogP contribution in [0.2, 0.25) is 0 Å². The number of aromatic nitrogens is 3. The predicted octanol–water partition coefficient (Wildman–Crippen LogP) is 3.23. The maximum absolute atomic E-state index is 13.2. The first kappa shape index (κ1) is 21.2. The van der Waals surface area contributed by atoms with Crippen molar-refractivity contribution >= 4 is 29.0 Å². The number of nitrogens with one attached hydrogen (secondary N) is 1. The van der Waals surface area contributed by atoms with Crippen molar-refractivity contribution in [3.8, 4) is 5.75 Å². The van der Waals surface area contributed by atoms with E-state index in [0.29, 0.717) is 5.69 Å². The van der Waals surface area contributed by atoms with Crippen molar-refractivity contribution < 1.29 is 27.5 Å². The van der Waals surface area contributed by atoms with E-state index in [2.05, 4.69) is 20.1 Å². The maximum atomic E-state index is 13.2. The Balaban J connectivity index is 1.60. The highest BCUT2D eigenvalue weighted by Gasteiger charge is 2.35. The highest BCUT2D eigenvalue weighted by molar-refractivity contribution is 6.13. The maximum Gasteiger partial charge on any atom is 0.573 e. The van der Waals surface area contributed by atoms with Crippen LogP contribution < -0.4 is 20.7 Å². The van der Waals surface area contributed by atoms with Crippen LogP contribution in [0.4, 0.5) is 30.4 Å². The van der Waals surface area contributed by atoms with Crippen LogP contribution in [0.25, 0.3) is 0 Å². The number of alkyl halides is 3. The molecule has 3 aromatic rings. The molecule has 0 saturated heterocycles. The number of nitrogen functional groups attached to an aromatic ring is 1. The Bertz CT molecular complexity index is 1180. The van der Waals surface area contributed by atoms with Gasteiger partial charge in [-0.15, -0.1) is 13.2 Å². The van der Waals surface area contributed by atoms with Crippen LogP contribution in [0.15, 0.2) is 48.8 Å². The summed E-state index contributed by atoms with van der Waals surface area (Å²) in [6, 6.07) is 7.75. The van der Waals surface area contributed by atoms with E-state index in [1.165, 1.54) is 40.2 Å². The first-order chi connectivity index (χ1) is 15.1. The van der Waals surface area contributed by atoms with Crippen molar-refractivity contribution in [2.75, 3.05) is 22.5 Å². The Morgan fingerprint density at radius 1 is 1.25 bits per heavy atom. The quantitative estimate of drug-likeness (QED) is 0.636. The fourth-order valence-corrected chi connectivity index (χ4v) is 3.40. The van der Waals surface area contributed by atoms with Gasteiger partial charge < -0.3 is 20.7 Å². The number of anilines is 3.